The number of ether oxygens (including phenoxy) is 3. The lowest BCUT2D eigenvalue weighted by Crippen LogP contribution is -2.43. The lowest BCUT2D eigenvalue weighted by Gasteiger charge is -2.32. The molecule has 2 fully saturated rings. The molecule has 2 atom stereocenters. The zero-order chi connectivity index (χ0) is 26.3. The summed E-state index contributed by atoms with van der Waals surface area (Å²) in [5, 5.41) is 2.79. The predicted octanol–water partition coefficient (Wildman–Crippen LogP) is 5.03. The van der Waals surface area contributed by atoms with Gasteiger partial charge in [0.15, 0.2) is 17.3 Å². The summed E-state index contributed by atoms with van der Waals surface area (Å²) in [6, 6.07) is 5.72. The summed E-state index contributed by atoms with van der Waals surface area (Å²) in [7, 11) is 1.53. The normalized spacial score (nSPS) is 19.5. The molecule has 0 radical (unpaired) electrons. The van der Waals surface area contributed by atoms with Crippen LogP contribution in [-0.2, 0) is 9.53 Å². The number of rotatable bonds is 7. The molecule has 2 aliphatic heterocycles. The van der Waals surface area contributed by atoms with Crippen molar-refractivity contribution in [3.05, 3.63) is 59.4 Å². The summed E-state index contributed by atoms with van der Waals surface area (Å²) in [6.45, 7) is 6.87. The lowest BCUT2D eigenvalue weighted by atomic mass is 10.0. The Hall–Kier alpha value is -3.50. The standard InChI is InChI=1S/C26H25ClF2N4O4/c1-13(24-14(2)36-24)26(34)33-8-6-15(7-9-33)37-21-10-16-19(11-20(21)35-3)30-12-31-25(16)32-18-5-4-17(28)22(27)23(18)29/h4-5,10-12,14-15,24H,1,6-9H2,2-3H3,(H,30,31,32). The molecule has 2 saturated heterocycles. The van der Waals surface area contributed by atoms with Crippen molar-refractivity contribution in [2.75, 3.05) is 25.5 Å². The van der Waals surface area contributed by atoms with Gasteiger partial charge in [-0.05, 0) is 25.1 Å². The summed E-state index contributed by atoms with van der Waals surface area (Å²) in [5.41, 5.74) is 0.988. The highest BCUT2D eigenvalue weighted by Gasteiger charge is 2.41. The highest BCUT2D eigenvalue weighted by molar-refractivity contribution is 6.31. The first kappa shape index (κ1) is 25.2. The molecule has 37 heavy (non-hydrogen) atoms. The number of anilines is 2. The van der Waals surface area contributed by atoms with E-state index in [1.165, 1.54) is 19.5 Å². The number of nitrogens with zero attached hydrogens (tertiary/aromatic N) is 3. The van der Waals surface area contributed by atoms with Crippen LogP contribution in [0.15, 0.2) is 42.7 Å². The Morgan fingerprint density at radius 3 is 2.62 bits per heavy atom. The van der Waals surface area contributed by atoms with E-state index in [1.54, 1.807) is 17.0 Å². The summed E-state index contributed by atoms with van der Waals surface area (Å²) in [6.07, 6.45) is 2.26. The molecule has 0 bridgehead atoms. The Morgan fingerprint density at radius 1 is 1.22 bits per heavy atom. The Kier molecular flexibility index (Phi) is 6.87. The molecule has 8 nitrogen and oxygen atoms in total. The molecule has 1 amide bonds. The molecule has 2 aromatic carbocycles. The van der Waals surface area contributed by atoms with Gasteiger partial charge >= 0.3 is 0 Å². The number of benzene rings is 2. The van der Waals surface area contributed by atoms with Gasteiger partial charge in [0, 0.05) is 43.0 Å². The monoisotopic (exact) mass is 530 g/mol. The minimum Gasteiger partial charge on any atom is -0.493 e. The highest BCUT2D eigenvalue weighted by atomic mass is 35.5. The van der Waals surface area contributed by atoms with Crippen molar-refractivity contribution >= 4 is 39.9 Å². The van der Waals surface area contributed by atoms with E-state index in [9.17, 15) is 13.6 Å². The van der Waals surface area contributed by atoms with E-state index >= 15 is 0 Å². The highest BCUT2D eigenvalue weighted by Crippen LogP contribution is 2.37. The Balaban J connectivity index is 1.34. The van der Waals surface area contributed by atoms with E-state index in [4.69, 9.17) is 25.8 Å². The number of likely N-dealkylation sites (tertiary alicyclic amines) is 1. The summed E-state index contributed by atoms with van der Waals surface area (Å²) in [4.78, 5) is 23.0. The fraction of sp³-hybridized carbons (Fsp3) is 0.346. The predicted molar refractivity (Wildman–Crippen MR) is 134 cm³/mol. The van der Waals surface area contributed by atoms with E-state index in [2.05, 4.69) is 21.9 Å². The van der Waals surface area contributed by atoms with Crippen molar-refractivity contribution in [3.8, 4) is 11.5 Å². The smallest absolute Gasteiger partial charge is 0.251 e. The maximum Gasteiger partial charge on any atom is 0.251 e. The van der Waals surface area contributed by atoms with Crippen molar-refractivity contribution in [2.45, 2.75) is 38.1 Å². The van der Waals surface area contributed by atoms with Gasteiger partial charge in [-0.1, -0.05) is 18.2 Å². The fourth-order valence-electron chi connectivity index (χ4n) is 4.40. The molecule has 2 aliphatic rings. The molecule has 0 aliphatic carbocycles. The quantitative estimate of drug-likeness (QED) is 0.260. The first-order chi connectivity index (χ1) is 17.8. The number of fused-ring (bicyclic) bond motifs is 1. The second kappa shape index (κ2) is 10.1. The van der Waals surface area contributed by atoms with Crippen LogP contribution < -0.4 is 14.8 Å². The van der Waals surface area contributed by atoms with Gasteiger partial charge in [0.2, 0.25) is 0 Å². The van der Waals surface area contributed by atoms with Crippen LogP contribution >= 0.6 is 11.6 Å². The molecular formula is C26H25ClF2N4O4. The van der Waals surface area contributed by atoms with E-state index in [0.717, 1.165) is 6.07 Å². The zero-order valence-corrected chi connectivity index (χ0v) is 21.0. The van der Waals surface area contributed by atoms with Gasteiger partial charge in [0.1, 0.15) is 35.2 Å². The fourth-order valence-corrected chi connectivity index (χ4v) is 4.56. The number of piperidine rings is 1. The molecule has 194 valence electrons. The number of methoxy groups -OCH3 is 1. The van der Waals surface area contributed by atoms with Crippen LogP contribution in [0.5, 0.6) is 11.5 Å². The third-order valence-electron chi connectivity index (χ3n) is 6.56. The third kappa shape index (κ3) is 5.03. The number of hydrogen-bond acceptors (Lipinski definition) is 7. The topological polar surface area (TPSA) is 89.1 Å². The molecule has 0 saturated carbocycles. The van der Waals surface area contributed by atoms with Crippen molar-refractivity contribution in [1.82, 2.24) is 14.9 Å². The van der Waals surface area contributed by atoms with Gasteiger partial charge in [0.05, 0.1) is 24.4 Å². The molecule has 1 N–H and O–H groups in total. The molecule has 3 aromatic rings. The van der Waals surface area contributed by atoms with Gasteiger partial charge < -0.3 is 24.4 Å². The van der Waals surface area contributed by atoms with E-state index in [1.807, 2.05) is 6.92 Å². The van der Waals surface area contributed by atoms with E-state index in [0.29, 0.717) is 53.9 Å². The first-order valence-corrected chi connectivity index (χ1v) is 12.2. The minimum absolute atomic E-state index is 0.0331. The summed E-state index contributed by atoms with van der Waals surface area (Å²) in [5.74, 6) is -0.651. The Morgan fingerprint density at radius 2 is 1.95 bits per heavy atom. The van der Waals surface area contributed by atoms with Crippen LogP contribution in [0.2, 0.25) is 5.02 Å². The van der Waals surface area contributed by atoms with Crippen molar-refractivity contribution < 1.29 is 27.8 Å². The number of halogens is 3. The molecule has 0 spiro atoms. The van der Waals surface area contributed by atoms with Gasteiger partial charge in [-0.15, -0.1) is 0 Å². The first-order valence-electron chi connectivity index (χ1n) is 11.8. The van der Waals surface area contributed by atoms with Crippen molar-refractivity contribution in [2.24, 2.45) is 0 Å². The SMILES string of the molecule is C=C(C(=O)N1CCC(Oc2cc3c(Nc4ccc(F)c(Cl)c4F)ncnc3cc2OC)CC1)C1OC1C. The molecular weight excluding hydrogens is 506 g/mol. The van der Waals surface area contributed by atoms with E-state index < -0.39 is 16.7 Å². The van der Waals surface area contributed by atoms with Crippen molar-refractivity contribution in [3.63, 3.8) is 0 Å². The van der Waals surface area contributed by atoms with Gasteiger partial charge in [-0.3, -0.25) is 4.79 Å². The average molecular weight is 531 g/mol. The summed E-state index contributed by atoms with van der Waals surface area (Å²) >= 11 is 5.72. The number of epoxide rings is 1. The molecule has 3 heterocycles. The largest absolute Gasteiger partial charge is 0.493 e. The maximum absolute atomic E-state index is 14.5. The minimum atomic E-state index is -0.926. The Bertz CT molecular complexity index is 1380. The number of carbonyl (C=O) groups is 1. The molecule has 2 unspecified atom stereocenters. The number of hydrogen-bond donors (Lipinski definition) is 1. The zero-order valence-electron chi connectivity index (χ0n) is 20.3. The van der Waals surface area contributed by atoms with Gasteiger partial charge in [-0.2, -0.15) is 0 Å². The van der Waals surface area contributed by atoms with Crippen molar-refractivity contribution in [1.29, 1.82) is 0 Å². The Labute approximate surface area is 217 Å². The van der Waals surface area contributed by atoms with Crippen LogP contribution in [0.1, 0.15) is 19.8 Å². The van der Waals surface area contributed by atoms with Crippen LogP contribution in [-0.4, -0.2) is 59.3 Å². The van der Waals surface area contributed by atoms with Crippen LogP contribution in [0.25, 0.3) is 10.9 Å². The third-order valence-corrected chi connectivity index (χ3v) is 6.91. The van der Waals surface area contributed by atoms with E-state index in [-0.39, 0.29) is 35.7 Å². The summed E-state index contributed by atoms with van der Waals surface area (Å²) < 4.78 is 45.2. The van der Waals surface area contributed by atoms with Gasteiger partial charge in [-0.25, -0.2) is 18.7 Å². The second-order valence-corrected chi connectivity index (χ2v) is 9.36. The molecule has 11 heteroatoms. The van der Waals surface area contributed by atoms with Crippen LogP contribution in [0, 0.1) is 11.6 Å². The molecule has 5 rings (SSSR count). The maximum atomic E-state index is 14.5. The number of nitrogens with one attached hydrogen (secondary N) is 1. The lowest BCUT2D eigenvalue weighted by molar-refractivity contribution is -0.129. The average Bonchev–Trinajstić information content (AvgIpc) is 3.64. The molecule has 1 aromatic heterocycles. The van der Waals surface area contributed by atoms with Crippen LogP contribution in [0.4, 0.5) is 20.3 Å². The number of aromatic nitrogens is 2. The second-order valence-electron chi connectivity index (χ2n) is 8.99. The number of carbonyl (C=O) groups excluding carboxylic acids is 1. The number of amides is 1. The van der Waals surface area contributed by atoms with Gasteiger partial charge in [0.25, 0.3) is 5.91 Å². The van der Waals surface area contributed by atoms with Crippen LogP contribution in [0.3, 0.4) is 0 Å².